The number of aliphatic hydroxyl groups excluding tert-OH is 8. The molecule has 14 heteroatoms. The van der Waals surface area contributed by atoms with Gasteiger partial charge in [-0.05, 0) is 89.9 Å². The van der Waals surface area contributed by atoms with Gasteiger partial charge >= 0.3 is 0 Å². The van der Waals surface area contributed by atoms with E-state index in [2.05, 4.69) is 141 Å². The number of hydrogen-bond donors (Lipinski definition) is 9. The molecule has 498 valence electrons. The van der Waals surface area contributed by atoms with Crippen molar-refractivity contribution in [3.05, 3.63) is 122 Å². The zero-order valence-electron chi connectivity index (χ0n) is 54.0. The van der Waals surface area contributed by atoms with Gasteiger partial charge in [0.25, 0.3) is 0 Å². The van der Waals surface area contributed by atoms with Crippen LogP contribution in [0.4, 0.5) is 0 Å². The Hall–Kier alpha value is -3.61. The van der Waals surface area contributed by atoms with Crippen LogP contribution >= 0.6 is 0 Å². The number of carbonyl (C=O) groups excluding carboxylic acids is 1. The second-order valence-corrected chi connectivity index (χ2v) is 23.6. The van der Waals surface area contributed by atoms with E-state index in [1.807, 2.05) is 0 Å². The first kappa shape index (κ1) is 79.5. The van der Waals surface area contributed by atoms with E-state index in [1.54, 1.807) is 0 Å². The van der Waals surface area contributed by atoms with Crippen LogP contribution in [0.15, 0.2) is 122 Å². The number of unbranched alkanes of at least 4 members (excludes halogenated alkanes) is 21. The Morgan fingerprint density at radius 2 is 0.793 bits per heavy atom. The van der Waals surface area contributed by atoms with Gasteiger partial charge in [0.15, 0.2) is 12.6 Å². The van der Waals surface area contributed by atoms with Crippen LogP contribution in [-0.4, -0.2) is 140 Å². The van der Waals surface area contributed by atoms with Crippen molar-refractivity contribution in [2.45, 2.75) is 312 Å². The van der Waals surface area contributed by atoms with E-state index in [-0.39, 0.29) is 18.9 Å². The number of allylic oxidation sites excluding steroid dienone is 20. The maximum atomic E-state index is 13.3. The van der Waals surface area contributed by atoms with Gasteiger partial charge in [-0.1, -0.05) is 264 Å². The number of hydrogen-bond acceptors (Lipinski definition) is 13. The predicted molar refractivity (Wildman–Crippen MR) is 355 cm³/mol. The molecule has 2 rings (SSSR count). The Morgan fingerprint density at radius 3 is 1.22 bits per heavy atom. The van der Waals surface area contributed by atoms with Crippen molar-refractivity contribution < 1.29 is 64.6 Å². The Morgan fingerprint density at radius 1 is 0.425 bits per heavy atom. The Bertz CT molecular complexity index is 1920. The summed E-state index contributed by atoms with van der Waals surface area (Å²) in [5, 5.41) is 87.5. The number of carbonyl (C=O) groups is 1. The molecule has 2 aliphatic heterocycles. The zero-order chi connectivity index (χ0) is 63.1. The molecule has 0 aromatic carbocycles. The van der Waals surface area contributed by atoms with Crippen LogP contribution in [0.1, 0.15) is 239 Å². The van der Waals surface area contributed by atoms with Crippen molar-refractivity contribution in [3.63, 3.8) is 0 Å². The highest BCUT2D eigenvalue weighted by molar-refractivity contribution is 5.76. The molecule has 0 bridgehead atoms. The molecule has 2 saturated heterocycles. The fourth-order valence-corrected chi connectivity index (χ4v) is 10.5. The Labute approximate surface area is 527 Å². The fraction of sp³-hybridized carbons (Fsp3) is 0.712. The highest BCUT2D eigenvalue weighted by atomic mass is 16.7. The number of rotatable bonds is 54. The van der Waals surface area contributed by atoms with Crippen molar-refractivity contribution in [3.8, 4) is 0 Å². The molecule has 0 aromatic rings. The maximum absolute atomic E-state index is 13.3. The van der Waals surface area contributed by atoms with Crippen molar-refractivity contribution in [1.29, 1.82) is 0 Å². The van der Waals surface area contributed by atoms with Crippen LogP contribution in [0.2, 0.25) is 0 Å². The van der Waals surface area contributed by atoms with Crippen molar-refractivity contribution in [1.82, 2.24) is 5.32 Å². The van der Waals surface area contributed by atoms with Gasteiger partial charge in [-0.15, -0.1) is 0 Å². The third-order valence-corrected chi connectivity index (χ3v) is 15.9. The fourth-order valence-electron chi connectivity index (χ4n) is 10.5. The van der Waals surface area contributed by atoms with Crippen molar-refractivity contribution in [2.24, 2.45) is 0 Å². The lowest BCUT2D eigenvalue weighted by molar-refractivity contribution is -0.359. The summed E-state index contributed by atoms with van der Waals surface area (Å²) in [6.07, 6.45) is 64.9. The first-order valence-corrected chi connectivity index (χ1v) is 34.3. The minimum absolute atomic E-state index is 0.225. The van der Waals surface area contributed by atoms with Crippen LogP contribution in [-0.2, 0) is 23.7 Å². The molecule has 12 unspecified atom stereocenters. The molecule has 0 aliphatic carbocycles. The highest BCUT2D eigenvalue weighted by Crippen LogP contribution is 2.30. The van der Waals surface area contributed by atoms with Gasteiger partial charge in [-0.2, -0.15) is 0 Å². The molecule has 2 heterocycles. The number of ether oxygens (including phenoxy) is 4. The first-order chi connectivity index (χ1) is 42.6. The predicted octanol–water partition coefficient (Wildman–Crippen LogP) is 13.7. The van der Waals surface area contributed by atoms with Gasteiger partial charge in [0.1, 0.15) is 48.8 Å². The maximum Gasteiger partial charge on any atom is 0.220 e. The van der Waals surface area contributed by atoms with E-state index < -0.39 is 86.8 Å². The molecular weight excluding hydrogens is 1100 g/mol. The largest absolute Gasteiger partial charge is 0.394 e. The first-order valence-electron chi connectivity index (χ1n) is 34.3. The number of amides is 1. The quantitative estimate of drug-likeness (QED) is 0.0204. The summed E-state index contributed by atoms with van der Waals surface area (Å²) < 4.78 is 22.9. The summed E-state index contributed by atoms with van der Waals surface area (Å²) in [4.78, 5) is 13.3. The SMILES string of the molecule is CC/C=C\C/C=C\C/C=C\C/C=C\C/C=C\C/C=C\C/C=C\C/C=C\C/C=C\C/C=C\CCCCCCCCC(=O)NC(COC1OC(CO)C(OC2OC(CO)C(O)C(O)C2O)C(O)C1O)C(O)CCCCCCCCCCCCCCCCCC. The average molecular weight is 1220 g/mol. The minimum Gasteiger partial charge on any atom is -0.394 e. The number of aliphatic hydroxyl groups is 8. The third kappa shape index (κ3) is 40.7. The second-order valence-electron chi connectivity index (χ2n) is 23.6. The minimum atomic E-state index is -1.79. The second kappa shape index (κ2) is 56.4. The lowest BCUT2D eigenvalue weighted by Crippen LogP contribution is -2.65. The third-order valence-electron chi connectivity index (χ3n) is 15.9. The highest BCUT2D eigenvalue weighted by Gasteiger charge is 2.51. The summed E-state index contributed by atoms with van der Waals surface area (Å²) in [5.41, 5.74) is 0. The zero-order valence-corrected chi connectivity index (χ0v) is 54.0. The van der Waals surface area contributed by atoms with Gasteiger partial charge < -0.3 is 65.1 Å². The van der Waals surface area contributed by atoms with Gasteiger partial charge in [0.2, 0.25) is 5.91 Å². The standard InChI is InChI=1S/C73H123NO13/c1-3-5-7-9-11-13-15-17-19-21-22-23-24-25-26-27-28-29-30-31-32-33-34-35-36-37-38-39-40-41-43-45-47-49-51-53-55-57-65(78)74-61(62(77)56-54-52-50-48-46-44-42-20-18-16-14-12-10-8-6-4-2)60-84-72-70(83)68(81)71(64(59-76)86-72)87-73-69(82)67(80)66(79)63(58-75)85-73/h5,7,11,13,17,19,22-23,25-26,28-29,31-32,34-35,37-38,40-41,61-64,66-73,75-77,79-83H,3-4,6,8-10,12,14-16,18,20-21,24,27,30,33,36,39,42-60H2,1-2H3,(H,74,78)/b7-5-,13-11-,19-17-,23-22-,26-25-,29-28-,32-31-,35-34-,38-37-,41-40-. The van der Waals surface area contributed by atoms with Crippen LogP contribution in [0.3, 0.4) is 0 Å². The molecule has 0 aromatic heterocycles. The van der Waals surface area contributed by atoms with E-state index in [1.165, 1.54) is 77.0 Å². The van der Waals surface area contributed by atoms with Gasteiger partial charge in [0, 0.05) is 6.42 Å². The monoisotopic (exact) mass is 1220 g/mol. The van der Waals surface area contributed by atoms with E-state index in [9.17, 15) is 45.6 Å². The smallest absolute Gasteiger partial charge is 0.220 e. The molecule has 2 fully saturated rings. The molecule has 0 saturated carbocycles. The molecule has 14 nitrogen and oxygen atoms in total. The van der Waals surface area contributed by atoms with E-state index >= 15 is 0 Å². The summed E-state index contributed by atoms with van der Waals surface area (Å²) in [5.74, 6) is -0.225. The Balaban J connectivity index is 1.66. The van der Waals surface area contributed by atoms with Crippen LogP contribution in [0, 0.1) is 0 Å². The van der Waals surface area contributed by atoms with E-state index in [4.69, 9.17) is 18.9 Å². The summed E-state index contributed by atoms with van der Waals surface area (Å²) in [7, 11) is 0. The summed E-state index contributed by atoms with van der Waals surface area (Å²) in [6, 6.07) is -0.846. The molecule has 2 aliphatic rings. The topological polar surface area (TPSA) is 228 Å². The van der Waals surface area contributed by atoms with Gasteiger partial charge in [-0.3, -0.25) is 4.79 Å². The van der Waals surface area contributed by atoms with Crippen molar-refractivity contribution >= 4 is 5.91 Å². The van der Waals surface area contributed by atoms with Crippen LogP contribution in [0.5, 0.6) is 0 Å². The normalized spacial score (nSPS) is 24.1. The lowest BCUT2D eigenvalue weighted by Gasteiger charge is -2.46. The Kier molecular flexibility index (Phi) is 51.5. The van der Waals surface area contributed by atoms with Crippen LogP contribution in [0.25, 0.3) is 0 Å². The van der Waals surface area contributed by atoms with Crippen LogP contribution < -0.4 is 5.32 Å². The average Bonchev–Trinajstić information content (AvgIpc) is 2.36. The molecule has 12 atom stereocenters. The molecule has 0 radical (unpaired) electrons. The molecule has 0 spiro atoms. The molecule has 9 N–H and O–H groups in total. The molecular formula is C73H123NO13. The number of nitrogens with one attached hydrogen (secondary N) is 1. The van der Waals surface area contributed by atoms with E-state index in [0.717, 1.165) is 128 Å². The molecule has 1 amide bonds. The van der Waals surface area contributed by atoms with Gasteiger partial charge in [-0.25, -0.2) is 0 Å². The van der Waals surface area contributed by atoms with E-state index in [0.29, 0.717) is 12.8 Å². The molecule has 87 heavy (non-hydrogen) atoms. The van der Waals surface area contributed by atoms with Crippen molar-refractivity contribution in [2.75, 3.05) is 19.8 Å². The lowest BCUT2D eigenvalue weighted by atomic mass is 9.97. The summed E-state index contributed by atoms with van der Waals surface area (Å²) >= 11 is 0. The summed E-state index contributed by atoms with van der Waals surface area (Å²) in [6.45, 7) is 2.74. The van der Waals surface area contributed by atoms with Gasteiger partial charge in [0.05, 0.1) is 32.0 Å².